The van der Waals surface area contributed by atoms with Crippen molar-refractivity contribution in [2.75, 3.05) is 6.54 Å². The lowest BCUT2D eigenvalue weighted by Gasteiger charge is -2.41. The summed E-state index contributed by atoms with van der Waals surface area (Å²) in [5.41, 5.74) is 2.05. The van der Waals surface area contributed by atoms with E-state index < -0.39 is 0 Å². The molecule has 1 aliphatic heterocycles. The van der Waals surface area contributed by atoms with Crippen LogP contribution in [0.4, 0.5) is 0 Å². The molecule has 3 rings (SSSR count). The van der Waals surface area contributed by atoms with Gasteiger partial charge in [-0.2, -0.15) is 0 Å². The standard InChI is InChI=1S/C17H25N/c1-14-12-18(13-15-8-4-3-5-9-15)16-10-6-7-11-17(14,16)2/h3-5,8-9,14,16H,6-7,10-13H2,1-2H3/t14-,16+,17+/m0/s1. The summed E-state index contributed by atoms with van der Waals surface area (Å²) in [4.78, 5) is 2.75. The highest BCUT2D eigenvalue weighted by atomic mass is 15.2. The van der Waals surface area contributed by atoms with E-state index in [0.29, 0.717) is 5.41 Å². The normalized spacial score (nSPS) is 36.6. The molecule has 1 saturated carbocycles. The van der Waals surface area contributed by atoms with Gasteiger partial charge in [-0.25, -0.2) is 0 Å². The van der Waals surface area contributed by atoms with E-state index in [-0.39, 0.29) is 0 Å². The maximum Gasteiger partial charge on any atom is 0.0237 e. The molecule has 98 valence electrons. The SMILES string of the molecule is C[C@H]1CN(Cc2ccccc2)[C@@H]2CCCC[C@]12C. The molecule has 0 spiro atoms. The average molecular weight is 243 g/mol. The first-order valence-corrected chi connectivity index (χ1v) is 7.48. The Labute approximate surface area is 111 Å². The molecule has 0 bridgehead atoms. The minimum absolute atomic E-state index is 0.576. The Bertz CT molecular complexity index is 399. The molecular weight excluding hydrogens is 218 g/mol. The highest BCUT2D eigenvalue weighted by Gasteiger charge is 2.49. The van der Waals surface area contributed by atoms with Crippen LogP contribution in [-0.4, -0.2) is 17.5 Å². The van der Waals surface area contributed by atoms with Crippen molar-refractivity contribution in [1.82, 2.24) is 4.90 Å². The molecule has 1 heterocycles. The summed E-state index contributed by atoms with van der Waals surface area (Å²) in [6.07, 6.45) is 5.71. The van der Waals surface area contributed by atoms with Gasteiger partial charge in [-0.15, -0.1) is 0 Å². The summed E-state index contributed by atoms with van der Waals surface area (Å²) in [7, 11) is 0. The third-order valence-corrected chi connectivity index (χ3v) is 5.51. The predicted molar refractivity (Wildman–Crippen MR) is 76.4 cm³/mol. The van der Waals surface area contributed by atoms with Gasteiger partial charge in [0.25, 0.3) is 0 Å². The number of likely N-dealkylation sites (tertiary alicyclic amines) is 1. The zero-order valence-electron chi connectivity index (χ0n) is 11.7. The van der Waals surface area contributed by atoms with Crippen molar-refractivity contribution in [3.8, 4) is 0 Å². The van der Waals surface area contributed by atoms with Crippen molar-refractivity contribution >= 4 is 0 Å². The van der Waals surface area contributed by atoms with Gasteiger partial charge in [0, 0.05) is 19.1 Å². The molecule has 1 aromatic carbocycles. The van der Waals surface area contributed by atoms with E-state index in [1.165, 1.54) is 37.8 Å². The third kappa shape index (κ3) is 1.99. The molecule has 1 heteroatoms. The monoisotopic (exact) mass is 243 g/mol. The molecule has 0 radical (unpaired) electrons. The molecule has 0 aromatic heterocycles. The zero-order chi connectivity index (χ0) is 12.6. The summed E-state index contributed by atoms with van der Waals surface area (Å²) < 4.78 is 0. The van der Waals surface area contributed by atoms with Crippen LogP contribution in [0.25, 0.3) is 0 Å². The van der Waals surface area contributed by atoms with Crippen molar-refractivity contribution < 1.29 is 0 Å². The van der Waals surface area contributed by atoms with Gasteiger partial charge >= 0.3 is 0 Å². The average Bonchev–Trinajstić information content (AvgIpc) is 2.63. The molecule has 0 N–H and O–H groups in total. The second-order valence-corrected chi connectivity index (χ2v) is 6.58. The quantitative estimate of drug-likeness (QED) is 0.756. The lowest BCUT2D eigenvalue weighted by atomic mass is 9.67. The van der Waals surface area contributed by atoms with E-state index in [9.17, 15) is 0 Å². The Balaban J connectivity index is 1.78. The summed E-state index contributed by atoms with van der Waals surface area (Å²) in [5, 5.41) is 0. The molecule has 1 saturated heterocycles. The number of rotatable bonds is 2. The number of hydrogen-bond donors (Lipinski definition) is 0. The van der Waals surface area contributed by atoms with Gasteiger partial charge in [0.2, 0.25) is 0 Å². The number of nitrogens with zero attached hydrogens (tertiary/aromatic N) is 1. The summed E-state index contributed by atoms with van der Waals surface area (Å²) in [6.45, 7) is 7.43. The first kappa shape index (κ1) is 12.2. The lowest BCUT2D eigenvalue weighted by molar-refractivity contribution is 0.0963. The second kappa shape index (κ2) is 4.70. The van der Waals surface area contributed by atoms with Gasteiger partial charge < -0.3 is 0 Å². The molecule has 0 unspecified atom stereocenters. The molecule has 3 atom stereocenters. The molecule has 1 aliphatic carbocycles. The predicted octanol–water partition coefficient (Wildman–Crippen LogP) is 4.09. The first-order valence-electron chi connectivity index (χ1n) is 7.48. The molecule has 2 aliphatic rings. The highest BCUT2D eigenvalue weighted by Crippen LogP contribution is 2.50. The Kier molecular flexibility index (Phi) is 3.19. The zero-order valence-corrected chi connectivity index (χ0v) is 11.7. The fraction of sp³-hybridized carbons (Fsp3) is 0.647. The fourth-order valence-electron chi connectivity index (χ4n) is 4.19. The van der Waals surface area contributed by atoms with Gasteiger partial charge in [-0.05, 0) is 29.7 Å². The lowest BCUT2D eigenvalue weighted by Crippen LogP contribution is -2.41. The van der Waals surface area contributed by atoms with Gasteiger partial charge in [0.15, 0.2) is 0 Å². The summed E-state index contributed by atoms with van der Waals surface area (Å²) in [5.74, 6) is 0.853. The van der Waals surface area contributed by atoms with Crippen LogP contribution in [0, 0.1) is 11.3 Å². The Morgan fingerprint density at radius 1 is 1.22 bits per heavy atom. The molecular formula is C17H25N. The summed E-state index contributed by atoms with van der Waals surface area (Å²) in [6, 6.07) is 11.8. The summed E-state index contributed by atoms with van der Waals surface area (Å²) >= 11 is 0. The van der Waals surface area contributed by atoms with Crippen molar-refractivity contribution in [3.05, 3.63) is 35.9 Å². The van der Waals surface area contributed by atoms with Crippen molar-refractivity contribution in [3.63, 3.8) is 0 Å². The van der Waals surface area contributed by atoms with Gasteiger partial charge in [-0.3, -0.25) is 4.90 Å². The second-order valence-electron chi connectivity index (χ2n) is 6.58. The van der Waals surface area contributed by atoms with Gasteiger partial charge in [-0.1, -0.05) is 57.0 Å². The largest absolute Gasteiger partial charge is 0.295 e. The van der Waals surface area contributed by atoms with Crippen LogP contribution in [0.3, 0.4) is 0 Å². The van der Waals surface area contributed by atoms with Crippen molar-refractivity contribution in [2.45, 2.75) is 52.1 Å². The molecule has 0 amide bonds. The van der Waals surface area contributed by atoms with E-state index in [4.69, 9.17) is 0 Å². The Morgan fingerprint density at radius 3 is 2.78 bits per heavy atom. The maximum atomic E-state index is 2.75. The minimum atomic E-state index is 0.576. The van der Waals surface area contributed by atoms with Gasteiger partial charge in [0.05, 0.1) is 0 Å². The third-order valence-electron chi connectivity index (χ3n) is 5.51. The van der Waals surface area contributed by atoms with Crippen LogP contribution >= 0.6 is 0 Å². The molecule has 1 nitrogen and oxygen atoms in total. The van der Waals surface area contributed by atoms with Gasteiger partial charge in [0.1, 0.15) is 0 Å². The first-order chi connectivity index (χ1) is 8.70. The van der Waals surface area contributed by atoms with E-state index in [0.717, 1.165) is 18.5 Å². The molecule has 18 heavy (non-hydrogen) atoms. The molecule has 2 fully saturated rings. The fourth-order valence-corrected chi connectivity index (χ4v) is 4.19. The van der Waals surface area contributed by atoms with E-state index in [1.54, 1.807) is 0 Å². The number of benzene rings is 1. The highest BCUT2D eigenvalue weighted by molar-refractivity contribution is 5.16. The number of fused-ring (bicyclic) bond motifs is 1. The topological polar surface area (TPSA) is 3.24 Å². The maximum absolute atomic E-state index is 2.75. The smallest absolute Gasteiger partial charge is 0.0237 e. The van der Waals surface area contributed by atoms with Crippen molar-refractivity contribution in [1.29, 1.82) is 0 Å². The van der Waals surface area contributed by atoms with Crippen LogP contribution in [0.5, 0.6) is 0 Å². The van der Waals surface area contributed by atoms with Crippen LogP contribution in [-0.2, 0) is 6.54 Å². The minimum Gasteiger partial charge on any atom is -0.295 e. The Hall–Kier alpha value is -0.820. The van der Waals surface area contributed by atoms with Crippen molar-refractivity contribution in [2.24, 2.45) is 11.3 Å². The van der Waals surface area contributed by atoms with E-state index >= 15 is 0 Å². The van der Waals surface area contributed by atoms with Crippen LogP contribution < -0.4 is 0 Å². The Morgan fingerprint density at radius 2 is 2.00 bits per heavy atom. The van der Waals surface area contributed by atoms with E-state index in [2.05, 4.69) is 49.1 Å². The number of hydrogen-bond acceptors (Lipinski definition) is 1. The molecule has 1 aromatic rings. The van der Waals surface area contributed by atoms with Crippen LogP contribution in [0.1, 0.15) is 45.1 Å². The van der Waals surface area contributed by atoms with E-state index in [1.807, 2.05) is 0 Å². The van der Waals surface area contributed by atoms with Crippen LogP contribution in [0.15, 0.2) is 30.3 Å². The van der Waals surface area contributed by atoms with Crippen LogP contribution in [0.2, 0.25) is 0 Å².